The molecule has 0 N–H and O–H groups in total. The van der Waals surface area contributed by atoms with Gasteiger partial charge in [-0.2, -0.15) is 26.3 Å². The standard InChI is InChI=1S/C9H5F7O2S/c10-7(8(11,12)13,9(14,15)16)19(17,18)6-4-2-1-3-5-6/h1-5H. The van der Waals surface area contributed by atoms with Crippen molar-refractivity contribution >= 4 is 9.84 Å². The fourth-order valence-corrected chi connectivity index (χ4v) is 2.68. The molecule has 1 aromatic rings. The minimum Gasteiger partial charge on any atom is -0.220 e. The zero-order valence-electron chi connectivity index (χ0n) is 8.76. The van der Waals surface area contributed by atoms with Crippen molar-refractivity contribution in [2.24, 2.45) is 0 Å². The van der Waals surface area contributed by atoms with Gasteiger partial charge in [-0.1, -0.05) is 18.2 Å². The zero-order chi connectivity index (χ0) is 15.1. The molecule has 0 radical (unpaired) electrons. The normalized spacial score (nSPS) is 14.5. The highest BCUT2D eigenvalue weighted by molar-refractivity contribution is 7.92. The summed E-state index contributed by atoms with van der Waals surface area (Å²) in [5.41, 5.74) is 0. The first-order valence-electron chi connectivity index (χ1n) is 4.48. The van der Waals surface area contributed by atoms with Gasteiger partial charge in [0.25, 0.3) is 0 Å². The van der Waals surface area contributed by atoms with Crippen molar-refractivity contribution in [2.75, 3.05) is 0 Å². The summed E-state index contributed by atoms with van der Waals surface area (Å²) < 4.78 is 110. The molecule has 0 spiro atoms. The van der Waals surface area contributed by atoms with Crippen molar-refractivity contribution in [2.45, 2.75) is 22.2 Å². The highest BCUT2D eigenvalue weighted by Crippen LogP contribution is 2.51. The summed E-state index contributed by atoms with van der Waals surface area (Å²) >= 11 is 0. The SMILES string of the molecule is O=S(=O)(c1ccccc1)C(F)(C(F)(F)F)C(F)(F)F. The number of alkyl halides is 7. The Bertz CT molecular complexity index is 530. The molecule has 0 aliphatic heterocycles. The summed E-state index contributed by atoms with van der Waals surface area (Å²) in [5.74, 6) is 0. The van der Waals surface area contributed by atoms with Crippen molar-refractivity contribution in [1.82, 2.24) is 0 Å². The van der Waals surface area contributed by atoms with E-state index in [0.717, 1.165) is 18.2 Å². The fourth-order valence-electron chi connectivity index (χ4n) is 1.23. The van der Waals surface area contributed by atoms with Gasteiger partial charge in [0.15, 0.2) is 0 Å². The largest absolute Gasteiger partial charge is 0.447 e. The summed E-state index contributed by atoms with van der Waals surface area (Å²) in [6.07, 6.45) is -13.3. The van der Waals surface area contributed by atoms with Gasteiger partial charge in [-0.3, -0.25) is 0 Å². The lowest BCUT2D eigenvalue weighted by molar-refractivity contribution is -0.305. The molecule has 19 heavy (non-hydrogen) atoms. The molecule has 0 aliphatic carbocycles. The van der Waals surface area contributed by atoms with E-state index in [2.05, 4.69) is 0 Å². The summed E-state index contributed by atoms with van der Waals surface area (Å²) in [7, 11) is -6.33. The van der Waals surface area contributed by atoms with Crippen molar-refractivity contribution in [3.63, 3.8) is 0 Å². The molecule has 0 heterocycles. The highest BCUT2D eigenvalue weighted by atomic mass is 32.2. The number of rotatable bonds is 2. The molecule has 0 fully saturated rings. The van der Waals surface area contributed by atoms with Crippen LogP contribution in [-0.2, 0) is 9.84 Å². The monoisotopic (exact) mass is 310 g/mol. The Kier molecular flexibility index (Phi) is 3.61. The molecule has 10 heteroatoms. The van der Waals surface area contributed by atoms with Crippen molar-refractivity contribution in [3.8, 4) is 0 Å². The summed E-state index contributed by atoms with van der Waals surface area (Å²) in [6.45, 7) is 0. The van der Waals surface area contributed by atoms with Gasteiger partial charge in [0, 0.05) is 0 Å². The number of sulfone groups is 1. The molecular formula is C9H5F7O2S. The van der Waals surface area contributed by atoms with Crippen LogP contribution in [0.15, 0.2) is 35.2 Å². The Morgan fingerprint density at radius 3 is 1.42 bits per heavy atom. The van der Waals surface area contributed by atoms with Gasteiger partial charge in [0.1, 0.15) is 0 Å². The predicted octanol–water partition coefficient (Wildman–Crippen LogP) is 3.25. The fraction of sp³-hybridized carbons (Fsp3) is 0.333. The minimum absolute atomic E-state index is 0.446. The maximum Gasteiger partial charge on any atom is 0.447 e. The van der Waals surface area contributed by atoms with E-state index >= 15 is 0 Å². The van der Waals surface area contributed by atoms with Gasteiger partial charge in [0.2, 0.25) is 9.84 Å². The first kappa shape index (κ1) is 15.7. The predicted molar refractivity (Wildman–Crippen MR) is 49.6 cm³/mol. The van der Waals surface area contributed by atoms with Gasteiger partial charge in [-0.05, 0) is 12.1 Å². The van der Waals surface area contributed by atoms with E-state index in [0.29, 0.717) is 12.1 Å². The van der Waals surface area contributed by atoms with Crippen LogP contribution in [0.5, 0.6) is 0 Å². The molecule has 0 aliphatic rings. The molecule has 0 aromatic heterocycles. The second-order valence-corrected chi connectivity index (χ2v) is 5.45. The Morgan fingerprint density at radius 2 is 1.11 bits per heavy atom. The summed E-state index contributed by atoms with van der Waals surface area (Å²) in [5, 5.41) is -6.35. The molecule has 2 nitrogen and oxygen atoms in total. The average molecular weight is 310 g/mol. The Balaban J connectivity index is 3.62. The van der Waals surface area contributed by atoms with Crippen LogP contribution < -0.4 is 0 Å². The molecule has 1 rings (SSSR count). The Labute approximate surface area is 102 Å². The second-order valence-electron chi connectivity index (χ2n) is 3.41. The van der Waals surface area contributed by atoms with Gasteiger partial charge >= 0.3 is 17.4 Å². The highest BCUT2D eigenvalue weighted by Gasteiger charge is 2.80. The zero-order valence-corrected chi connectivity index (χ0v) is 9.57. The summed E-state index contributed by atoms with van der Waals surface area (Å²) in [4.78, 5) is -1.41. The first-order valence-corrected chi connectivity index (χ1v) is 5.96. The first-order chi connectivity index (χ1) is 8.36. The topological polar surface area (TPSA) is 34.1 Å². The summed E-state index contributed by atoms with van der Waals surface area (Å²) in [6, 6.07) is 3.79. The number of hydrogen-bond acceptors (Lipinski definition) is 2. The van der Waals surface area contributed by atoms with E-state index in [-0.39, 0.29) is 0 Å². The molecular weight excluding hydrogens is 305 g/mol. The van der Waals surface area contributed by atoms with E-state index < -0.39 is 32.1 Å². The third-order valence-corrected chi connectivity index (χ3v) is 4.25. The lowest BCUT2D eigenvalue weighted by atomic mass is 10.3. The number of benzene rings is 1. The third-order valence-electron chi connectivity index (χ3n) is 2.15. The van der Waals surface area contributed by atoms with Crippen LogP contribution in [-0.4, -0.2) is 25.8 Å². The van der Waals surface area contributed by atoms with E-state index in [1.165, 1.54) is 0 Å². The van der Waals surface area contributed by atoms with E-state index in [4.69, 9.17) is 0 Å². The third kappa shape index (κ3) is 2.28. The molecule has 0 saturated heterocycles. The minimum atomic E-state index is -6.65. The van der Waals surface area contributed by atoms with Crippen LogP contribution in [0.4, 0.5) is 30.7 Å². The molecule has 0 amide bonds. The molecule has 0 atom stereocenters. The molecule has 108 valence electrons. The van der Waals surface area contributed by atoms with Gasteiger partial charge in [0.05, 0.1) is 4.90 Å². The quantitative estimate of drug-likeness (QED) is 0.786. The van der Waals surface area contributed by atoms with E-state index in [1.807, 2.05) is 0 Å². The Morgan fingerprint density at radius 1 is 0.737 bits per heavy atom. The average Bonchev–Trinajstić information content (AvgIpc) is 2.26. The van der Waals surface area contributed by atoms with Crippen LogP contribution >= 0.6 is 0 Å². The molecule has 0 unspecified atom stereocenters. The maximum absolute atomic E-state index is 13.4. The van der Waals surface area contributed by atoms with E-state index in [9.17, 15) is 39.2 Å². The molecule has 0 saturated carbocycles. The maximum atomic E-state index is 13.4. The van der Waals surface area contributed by atoms with Crippen LogP contribution in [0.2, 0.25) is 0 Å². The smallest absolute Gasteiger partial charge is 0.220 e. The van der Waals surface area contributed by atoms with Gasteiger partial charge < -0.3 is 0 Å². The van der Waals surface area contributed by atoms with Crippen LogP contribution in [0.3, 0.4) is 0 Å². The van der Waals surface area contributed by atoms with Crippen LogP contribution in [0.1, 0.15) is 0 Å². The van der Waals surface area contributed by atoms with Crippen molar-refractivity contribution < 1.29 is 39.2 Å². The number of hydrogen-bond donors (Lipinski definition) is 0. The van der Waals surface area contributed by atoms with Crippen LogP contribution in [0.25, 0.3) is 0 Å². The van der Waals surface area contributed by atoms with Crippen molar-refractivity contribution in [3.05, 3.63) is 30.3 Å². The van der Waals surface area contributed by atoms with Crippen LogP contribution in [0, 0.1) is 0 Å². The second kappa shape index (κ2) is 4.36. The van der Waals surface area contributed by atoms with Crippen molar-refractivity contribution in [1.29, 1.82) is 0 Å². The van der Waals surface area contributed by atoms with Gasteiger partial charge in [-0.15, -0.1) is 0 Å². The number of halogens is 7. The van der Waals surface area contributed by atoms with E-state index in [1.54, 1.807) is 0 Å². The lowest BCUT2D eigenvalue weighted by Crippen LogP contribution is -2.58. The van der Waals surface area contributed by atoms with Gasteiger partial charge in [-0.25, -0.2) is 12.8 Å². The Hall–Kier alpha value is -1.32. The lowest BCUT2D eigenvalue weighted by Gasteiger charge is -2.29. The molecule has 0 bridgehead atoms. The molecule has 1 aromatic carbocycles.